The zero-order valence-electron chi connectivity index (χ0n) is 11.9. The van der Waals surface area contributed by atoms with Crippen LogP contribution in [-0.4, -0.2) is 27.6 Å². The van der Waals surface area contributed by atoms with Crippen LogP contribution in [0.15, 0.2) is 54.6 Å². The van der Waals surface area contributed by atoms with Gasteiger partial charge in [0.1, 0.15) is 18.3 Å². The van der Waals surface area contributed by atoms with Gasteiger partial charge in [0.15, 0.2) is 6.29 Å². The average Bonchev–Trinajstić information content (AvgIpc) is 2.52. The molecule has 0 spiro atoms. The van der Waals surface area contributed by atoms with Crippen molar-refractivity contribution in [3.05, 3.63) is 65.7 Å². The summed E-state index contributed by atoms with van der Waals surface area (Å²) in [5.74, 6) is -1.68. The van der Waals surface area contributed by atoms with Crippen molar-refractivity contribution in [2.75, 3.05) is 0 Å². The molecular formula is C17H18O5. The number of hydrogen-bond donors (Lipinski definition) is 3. The van der Waals surface area contributed by atoms with E-state index in [9.17, 15) is 4.79 Å². The predicted octanol–water partition coefficient (Wildman–Crippen LogP) is 1.82. The second kappa shape index (κ2) is 7.59. The molecule has 0 saturated carbocycles. The van der Waals surface area contributed by atoms with Crippen molar-refractivity contribution in [1.29, 1.82) is 0 Å². The largest absolute Gasteiger partial charge is 0.489 e. The Kier molecular flexibility index (Phi) is 5.52. The van der Waals surface area contributed by atoms with Crippen LogP contribution in [0.25, 0.3) is 0 Å². The molecule has 2 aromatic carbocycles. The summed E-state index contributed by atoms with van der Waals surface area (Å²) in [6.07, 6.45) is -1.81. The number of para-hydroxylation sites is 1. The molecule has 5 heteroatoms. The van der Waals surface area contributed by atoms with E-state index in [1.165, 1.54) is 0 Å². The Morgan fingerprint density at radius 1 is 0.955 bits per heavy atom. The third-order valence-electron chi connectivity index (χ3n) is 3.30. The maximum atomic E-state index is 10.9. The van der Waals surface area contributed by atoms with E-state index in [1.807, 2.05) is 42.5 Å². The third-order valence-corrected chi connectivity index (χ3v) is 3.30. The van der Waals surface area contributed by atoms with E-state index in [0.717, 1.165) is 16.9 Å². The fourth-order valence-electron chi connectivity index (χ4n) is 2.03. The van der Waals surface area contributed by atoms with Crippen molar-refractivity contribution in [3.63, 3.8) is 0 Å². The molecule has 0 amide bonds. The highest BCUT2D eigenvalue weighted by molar-refractivity contribution is 5.70. The zero-order valence-corrected chi connectivity index (χ0v) is 11.9. The molecule has 0 fully saturated rings. The van der Waals surface area contributed by atoms with E-state index >= 15 is 0 Å². The van der Waals surface area contributed by atoms with Gasteiger partial charge in [0.05, 0.1) is 0 Å². The predicted molar refractivity (Wildman–Crippen MR) is 80.3 cm³/mol. The number of carboxylic acids is 1. The van der Waals surface area contributed by atoms with E-state index < -0.39 is 18.2 Å². The highest BCUT2D eigenvalue weighted by Crippen LogP contribution is 2.15. The minimum Gasteiger partial charge on any atom is -0.489 e. The average molecular weight is 302 g/mol. The molecule has 22 heavy (non-hydrogen) atoms. The van der Waals surface area contributed by atoms with Gasteiger partial charge < -0.3 is 20.1 Å². The molecule has 0 bridgehead atoms. The molecule has 2 aromatic rings. The molecule has 0 heterocycles. The normalized spacial score (nSPS) is 12.1. The van der Waals surface area contributed by atoms with Gasteiger partial charge >= 0.3 is 5.97 Å². The maximum Gasteiger partial charge on any atom is 0.312 e. The number of ether oxygens (including phenoxy) is 1. The van der Waals surface area contributed by atoms with Gasteiger partial charge in [-0.05, 0) is 29.7 Å². The van der Waals surface area contributed by atoms with Crippen molar-refractivity contribution >= 4 is 5.97 Å². The molecule has 0 aliphatic heterocycles. The summed E-state index contributed by atoms with van der Waals surface area (Å²) < 4.78 is 5.62. The standard InChI is InChI=1S/C17H18O5/c18-16(19)15(17(20)21)10-12-6-8-13(9-7-12)11-22-14-4-2-1-3-5-14/h1-9,15-16,18-19H,10-11H2,(H,20,21). The molecule has 1 unspecified atom stereocenters. The maximum absolute atomic E-state index is 10.9. The van der Waals surface area contributed by atoms with Gasteiger partial charge in [0.2, 0.25) is 0 Å². The summed E-state index contributed by atoms with van der Waals surface area (Å²) in [6, 6.07) is 16.6. The minimum atomic E-state index is -1.88. The summed E-state index contributed by atoms with van der Waals surface area (Å²) in [4.78, 5) is 10.9. The van der Waals surface area contributed by atoms with Crippen LogP contribution in [0.4, 0.5) is 0 Å². The van der Waals surface area contributed by atoms with Crippen molar-refractivity contribution in [1.82, 2.24) is 0 Å². The van der Waals surface area contributed by atoms with Crippen LogP contribution in [-0.2, 0) is 17.8 Å². The molecule has 116 valence electrons. The van der Waals surface area contributed by atoms with E-state index in [4.69, 9.17) is 20.1 Å². The van der Waals surface area contributed by atoms with E-state index in [1.54, 1.807) is 12.1 Å². The lowest BCUT2D eigenvalue weighted by atomic mass is 9.98. The quantitative estimate of drug-likeness (QED) is 0.679. The van der Waals surface area contributed by atoms with E-state index in [0.29, 0.717) is 6.61 Å². The molecule has 1 atom stereocenters. The van der Waals surface area contributed by atoms with Crippen LogP contribution in [0.5, 0.6) is 5.75 Å². The molecule has 0 saturated heterocycles. The lowest BCUT2D eigenvalue weighted by molar-refractivity contribution is -0.158. The first-order valence-corrected chi connectivity index (χ1v) is 6.91. The SMILES string of the molecule is O=C(O)C(Cc1ccc(COc2ccccc2)cc1)C(O)O. The van der Waals surface area contributed by atoms with Gasteiger partial charge in [-0.3, -0.25) is 4.79 Å². The Balaban J connectivity index is 1.94. The number of rotatable bonds is 7. The Hall–Kier alpha value is -2.37. The lowest BCUT2D eigenvalue weighted by Crippen LogP contribution is -2.29. The number of carboxylic acid groups (broad SMARTS) is 1. The van der Waals surface area contributed by atoms with E-state index in [2.05, 4.69) is 0 Å². The number of hydrogen-bond acceptors (Lipinski definition) is 4. The Morgan fingerprint density at radius 3 is 2.09 bits per heavy atom. The number of aliphatic hydroxyl groups is 2. The van der Waals surface area contributed by atoms with Crippen LogP contribution in [0, 0.1) is 5.92 Å². The van der Waals surface area contributed by atoms with Crippen molar-refractivity contribution in [2.45, 2.75) is 19.3 Å². The Bertz CT molecular complexity index is 592. The Morgan fingerprint density at radius 2 is 1.55 bits per heavy atom. The number of aliphatic hydroxyl groups excluding tert-OH is 1. The lowest BCUT2D eigenvalue weighted by Gasteiger charge is -2.14. The van der Waals surface area contributed by atoms with Crippen LogP contribution in [0.1, 0.15) is 11.1 Å². The van der Waals surface area contributed by atoms with Crippen LogP contribution < -0.4 is 4.74 Å². The van der Waals surface area contributed by atoms with Crippen molar-refractivity contribution in [3.8, 4) is 5.75 Å². The van der Waals surface area contributed by atoms with Gasteiger partial charge in [-0.2, -0.15) is 0 Å². The van der Waals surface area contributed by atoms with Crippen LogP contribution in [0.2, 0.25) is 0 Å². The van der Waals surface area contributed by atoms with Gasteiger partial charge in [-0.1, -0.05) is 42.5 Å². The summed E-state index contributed by atoms with van der Waals surface area (Å²) in [5, 5.41) is 27.1. The molecule has 0 aliphatic carbocycles. The molecule has 0 aliphatic rings. The highest BCUT2D eigenvalue weighted by atomic mass is 16.5. The van der Waals surface area contributed by atoms with Gasteiger partial charge in [-0.15, -0.1) is 0 Å². The fraction of sp³-hybridized carbons (Fsp3) is 0.235. The van der Waals surface area contributed by atoms with Gasteiger partial charge in [-0.25, -0.2) is 0 Å². The molecular weight excluding hydrogens is 284 g/mol. The first-order chi connectivity index (χ1) is 10.6. The second-order valence-corrected chi connectivity index (χ2v) is 4.98. The fourth-order valence-corrected chi connectivity index (χ4v) is 2.03. The third kappa shape index (κ3) is 4.58. The number of benzene rings is 2. The van der Waals surface area contributed by atoms with Crippen molar-refractivity contribution in [2.24, 2.45) is 5.92 Å². The minimum absolute atomic E-state index is 0.0623. The molecule has 5 nitrogen and oxygen atoms in total. The van der Waals surface area contributed by atoms with Crippen molar-refractivity contribution < 1.29 is 24.9 Å². The monoisotopic (exact) mass is 302 g/mol. The summed E-state index contributed by atoms with van der Waals surface area (Å²) in [6.45, 7) is 0.412. The highest BCUT2D eigenvalue weighted by Gasteiger charge is 2.24. The number of carbonyl (C=O) groups is 1. The topological polar surface area (TPSA) is 87.0 Å². The smallest absolute Gasteiger partial charge is 0.312 e. The Labute approximate surface area is 128 Å². The number of aliphatic carboxylic acids is 1. The van der Waals surface area contributed by atoms with E-state index in [-0.39, 0.29) is 6.42 Å². The molecule has 0 aromatic heterocycles. The molecule has 3 N–H and O–H groups in total. The van der Waals surface area contributed by atoms with Gasteiger partial charge in [0, 0.05) is 0 Å². The first-order valence-electron chi connectivity index (χ1n) is 6.91. The second-order valence-electron chi connectivity index (χ2n) is 4.98. The zero-order chi connectivity index (χ0) is 15.9. The molecule has 0 radical (unpaired) electrons. The first kappa shape index (κ1) is 16.0. The summed E-state index contributed by atoms with van der Waals surface area (Å²) >= 11 is 0. The summed E-state index contributed by atoms with van der Waals surface area (Å²) in [5.41, 5.74) is 1.67. The molecule has 2 rings (SSSR count). The summed E-state index contributed by atoms with van der Waals surface area (Å²) in [7, 11) is 0. The van der Waals surface area contributed by atoms with Gasteiger partial charge in [0.25, 0.3) is 0 Å². The van der Waals surface area contributed by atoms with Crippen LogP contribution >= 0.6 is 0 Å². The van der Waals surface area contributed by atoms with Crippen LogP contribution in [0.3, 0.4) is 0 Å².